The predicted octanol–water partition coefficient (Wildman–Crippen LogP) is 2.72. The molecule has 1 heterocycles. The monoisotopic (exact) mass is 353 g/mol. The van der Waals surface area contributed by atoms with Crippen LogP contribution in [0.4, 0.5) is 11.4 Å². The van der Waals surface area contributed by atoms with Crippen LogP contribution in [-0.4, -0.2) is 21.0 Å². The van der Waals surface area contributed by atoms with Gasteiger partial charge in [0.2, 0.25) is 17.6 Å². The summed E-state index contributed by atoms with van der Waals surface area (Å²) in [6, 6.07) is 15.4. The number of nitro groups is 1. The van der Waals surface area contributed by atoms with Crippen molar-refractivity contribution in [3.63, 3.8) is 0 Å². The van der Waals surface area contributed by atoms with Gasteiger partial charge < -0.3 is 4.52 Å². The van der Waals surface area contributed by atoms with Gasteiger partial charge in [0.15, 0.2) is 0 Å². The maximum Gasteiger partial charge on any atom is 0.294 e. The number of nitrogens with zero attached hydrogens (tertiary/aromatic N) is 3. The van der Waals surface area contributed by atoms with E-state index >= 15 is 0 Å². The Hall–Kier alpha value is -3.75. The Morgan fingerprint density at radius 2 is 1.85 bits per heavy atom. The largest absolute Gasteiger partial charge is 0.339 e. The number of aryl methyl sites for hydroxylation is 1. The normalized spacial score (nSPS) is 10.3. The number of nitro benzene ring substituents is 1. The zero-order chi connectivity index (χ0) is 18.4. The van der Waals surface area contributed by atoms with Crippen molar-refractivity contribution < 1.29 is 14.2 Å². The van der Waals surface area contributed by atoms with Crippen LogP contribution in [0.5, 0.6) is 0 Å². The summed E-state index contributed by atoms with van der Waals surface area (Å²) >= 11 is 0. The van der Waals surface area contributed by atoms with Crippen molar-refractivity contribution in [3.8, 4) is 11.4 Å². The number of rotatable bonds is 7. The molecule has 2 aromatic carbocycles. The lowest BCUT2D eigenvalue weighted by Gasteiger charge is -2.08. The molecule has 2 N–H and O–H groups in total. The summed E-state index contributed by atoms with van der Waals surface area (Å²) in [5.74, 6) is 0.436. The second kappa shape index (κ2) is 7.88. The fourth-order valence-electron chi connectivity index (χ4n) is 2.22. The number of aromatic nitrogens is 2. The van der Waals surface area contributed by atoms with E-state index in [2.05, 4.69) is 21.0 Å². The molecule has 9 heteroatoms. The number of carbonyl (C=O) groups is 1. The molecule has 0 fully saturated rings. The Balaban J connectivity index is 1.52. The highest BCUT2D eigenvalue weighted by Gasteiger charge is 2.14. The van der Waals surface area contributed by atoms with Crippen LogP contribution in [0.1, 0.15) is 12.3 Å². The van der Waals surface area contributed by atoms with Gasteiger partial charge in [-0.15, -0.1) is 0 Å². The van der Waals surface area contributed by atoms with E-state index < -0.39 is 4.92 Å². The molecule has 0 unspecified atom stereocenters. The fraction of sp³-hybridized carbons (Fsp3) is 0.118. The van der Waals surface area contributed by atoms with Gasteiger partial charge >= 0.3 is 0 Å². The zero-order valence-corrected chi connectivity index (χ0v) is 13.6. The highest BCUT2D eigenvalue weighted by Crippen LogP contribution is 2.22. The van der Waals surface area contributed by atoms with E-state index in [4.69, 9.17) is 4.52 Å². The molecule has 0 spiro atoms. The smallest absolute Gasteiger partial charge is 0.294 e. The average molecular weight is 353 g/mol. The van der Waals surface area contributed by atoms with Crippen LogP contribution in [0.25, 0.3) is 11.4 Å². The van der Waals surface area contributed by atoms with Crippen LogP contribution >= 0.6 is 0 Å². The molecular weight excluding hydrogens is 338 g/mol. The summed E-state index contributed by atoms with van der Waals surface area (Å²) in [5.41, 5.74) is 5.87. The van der Waals surface area contributed by atoms with Crippen molar-refractivity contribution in [1.82, 2.24) is 15.6 Å². The van der Waals surface area contributed by atoms with Gasteiger partial charge in [0, 0.05) is 24.5 Å². The maximum atomic E-state index is 11.9. The first-order chi connectivity index (χ1) is 12.6. The lowest BCUT2D eigenvalue weighted by Crippen LogP contribution is -2.29. The Bertz CT molecular complexity index is 910. The van der Waals surface area contributed by atoms with E-state index in [1.54, 1.807) is 12.1 Å². The third-order valence-electron chi connectivity index (χ3n) is 3.50. The van der Waals surface area contributed by atoms with E-state index in [0.29, 0.717) is 11.7 Å². The van der Waals surface area contributed by atoms with E-state index in [1.807, 2.05) is 30.3 Å². The number of benzene rings is 2. The summed E-state index contributed by atoms with van der Waals surface area (Å²) < 4.78 is 5.13. The SMILES string of the molecule is O=C(CCc1nc(-c2ccccc2)no1)NNc1ccccc1[N+](=O)[O-]. The topological polar surface area (TPSA) is 123 Å². The standard InChI is InChI=1S/C17H15N5O4/c23-15(20-19-13-8-4-5-9-14(13)22(24)25)10-11-16-18-17(21-26-16)12-6-2-1-3-7-12/h1-9,19H,10-11H2,(H,20,23). The number of anilines is 1. The van der Waals surface area contributed by atoms with Gasteiger partial charge in [0.25, 0.3) is 5.69 Å². The summed E-state index contributed by atoms with van der Waals surface area (Å²) in [6.07, 6.45) is 0.342. The van der Waals surface area contributed by atoms with Crippen molar-refractivity contribution in [2.24, 2.45) is 0 Å². The highest BCUT2D eigenvalue weighted by atomic mass is 16.6. The number of amides is 1. The first-order valence-electron chi connectivity index (χ1n) is 7.80. The number of hydrazine groups is 1. The van der Waals surface area contributed by atoms with Crippen molar-refractivity contribution in [1.29, 1.82) is 0 Å². The molecule has 0 aliphatic carbocycles. The molecule has 0 atom stereocenters. The fourth-order valence-corrected chi connectivity index (χ4v) is 2.22. The second-order valence-electron chi connectivity index (χ2n) is 5.33. The van der Waals surface area contributed by atoms with Gasteiger partial charge in [-0.05, 0) is 6.07 Å². The molecule has 0 aliphatic heterocycles. The molecule has 0 saturated heterocycles. The van der Waals surface area contributed by atoms with Gasteiger partial charge in [0.1, 0.15) is 5.69 Å². The van der Waals surface area contributed by atoms with Crippen LogP contribution in [0, 0.1) is 10.1 Å². The zero-order valence-electron chi connectivity index (χ0n) is 13.6. The molecular formula is C17H15N5O4. The summed E-state index contributed by atoms with van der Waals surface area (Å²) in [4.78, 5) is 26.5. The highest BCUT2D eigenvalue weighted by molar-refractivity contribution is 5.78. The van der Waals surface area contributed by atoms with Crippen molar-refractivity contribution in [2.75, 3.05) is 5.43 Å². The molecule has 3 rings (SSSR count). The summed E-state index contributed by atoms with van der Waals surface area (Å²) in [6.45, 7) is 0. The minimum Gasteiger partial charge on any atom is -0.339 e. The summed E-state index contributed by atoms with van der Waals surface area (Å²) in [7, 11) is 0. The van der Waals surface area contributed by atoms with Gasteiger partial charge in [-0.2, -0.15) is 4.98 Å². The first kappa shape index (κ1) is 17.1. The minimum absolute atomic E-state index is 0.0874. The molecule has 9 nitrogen and oxygen atoms in total. The minimum atomic E-state index is -0.530. The molecule has 0 aliphatic rings. The molecule has 1 aromatic heterocycles. The molecule has 3 aromatic rings. The second-order valence-corrected chi connectivity index (χ2v) is 5.33. The number of hydrogen-bond donors (Lipinski definition) is 2. The Morgan fingerprint density at radius 3 is 2.62 bits per heavy atom. The Kier molecular flexibility index (Phi) is 5.18. The molecule has 26 heavy (non-hydrogen) atoms. The van der Waals surface area contributed by atoms with Crippen LogP contribution < -0.4 is 10.9 Å². The third-order valence-corrected chi connectivity index (χ3v) is 3.50. The molecule has 0 bridgehead atoms. The average Bonchev–Trinajstić information content (AvgIpc) is 3.14. The number of nitrogens with one attached hydrogen (secondary N) is 2. The molecule has 132 valence electrons. The Morgan fingerprint density at radius 1 is 1.12 bits per heavy atom. The number of para-hydroxylation sites is 2. The quantitative estimate of drug-likeness (QED) is 0.494. The maximum absolute atomic E-state index is 11.9. The lowest BCUT2D eigenvalue weighted by molar-refractivity contribution is -0.384. The van der Waals surface area contributed by atoms with E-state index in [1.165, 1.54) is 12.1 Å². The van der Waals surface area contributed by atoms with Crippen LogP contribution in [0.15, 0.2) is 59.1 Å². The van der Waals surface area contributed by atoms with Gasteiger partial charge in [-0.1, -0.05) is 47.6 Å². The summed E-state index contributed by atoms with van der Waals surface area (Å²) in [5, 5.41) is 14.8. The first-order valence-corrected chi connectivity index (χ1v) is 7.80. The van der Waals surface area contributed by atoms with E-state index in [9.17, 15) is 14.9 Å². The van der Waals surface area contributed by atoms with Crippen LogP contribution in [-0.2, 0) is 11.2 Å². The van der Waals surface area contributed by atoms with Crippen molar-refractivity contribution in [3.05, 3.63) is 70.6 Å². The number of carbonyl (C=O) groups excluding carboxylic acids is 1. The predicted molar refractivity (Wildman–Crippen MR) is 92.9 cm³/mol. The third kappa shape index (κ3) is 4.20. The Labute approximate surface area is 148 Å². The van der Waals surface area contributed by atoms with Crippen LogP contribution in [0.2, 0.25) is 0 Å². The lowest BCUT2D eigenvalue weighted by atomic mass is 10.2. The molecule has 1 amide bonds. The van der Waals surface area contributed by atoms with Gasteiger partial charge in [0.05, 0.1) is 4.92 Å². The van der Waals surface area contributed by atoms with Gasteiger partial charge in [-0.25, -0.2) is 0 Å². The molecule has 0 saturated carbocycles. The van der Waals surface area contributed by atoms with Crippen LogP contribution in [0.3, 0.4) is 0 Å². The van der Waals surface area contributed by atoms with E-state index in [0.717, 1.165) is 5.56 Å². The van der Waals surface area contributed by atoms with Crippen molar-refractivity contribution in [2.45, 2.75) is 12.8 Å². The van der Waals surface area contributed by atoms with Gasteiger partial charge in [-0.3, -0.25) is 25.8 Å². The van der Waals surface area contributed by atoms with E-state index in [-0.39, 0.29) is 30.1 Å². The van der Waals surface area contributed by atoms with Crippen molar-refractivity contribution >= 4 is 17.3 Å². The number of hydrogen-bond acceptors (Lipinski definition) is 7. The molecule has 0 radical (unpaired) electrons.